The van der Waals surface area contributed by atoms with Gasteiger partial charge in [0.05, 0.1) is 0 Å². The molecule has 2 nitrogen and oxygen atoms in total. The van der Waals surface area contributed by atoms with Gasteiger partial charge in [-0.15, -0.1) is 0 Å². The van der Waals surface area contributed by atoms with Crippen LogP contribution >= 0.6 is 0 Å². The Morgan fingerprint density at radius 2 is 1.48 bits per heavy atom. The van der Waals surface area contributed by atoms with Crippen molar-refractivity contribution >= 4 is 17.1 Å². The van der Waals surface area contributed by atoms with Crippen molar-refractivity contribution in [1.29, 1.82) is 0 Å². The molecule has 0 spiro atoms. The Morgan fingerprint density at radius 3 is 2.17 bits per heavy atom. The molecule has 29 heavy (non-hydrogen) atoms. The molecule has 2 heteroatoms. The molecule has 3 N–H and O–H groups in total. The van der Waals surface area contributed by atoms with Gasteiger partial charge in [0, 0.05) is 22.6 Å². The lowest BCUT2D eigenvalue weighted by atomic mass is 9.86. The molecular weight excluding hydrogens is 352 g/mol. The number of benzene rings is 3. The minimum absolute atomic E-state index is 0.138. The number of nitrogen functional groups attached to an aromatic ring is 1. The molecule has 0 saturated carbocycles. The number of nitrogens with one attached hydrogen (secondary N) is 1. The Morgan fingerprint density at radius 1 is 0.828 bits per heavy atom. The zero-order chi connectivity index (χ0) is 20.8. The normalized spacial score (nSPS) is 15.2. The van der Waals surface area contributed by atoms with Crippen molar-refractivity contribution in [3.8, 4) is 11.1 Å². The fraction of sp³-hybridized carbons (Fsp3) is 0.333. The maximum Gasteiger partial charge on any atom is 0.0484 e. The van der Waals surface area contributed by atoms with Gasteiger partial charge in [0.2, 0.25) is 0 Å². The molecule has 4 rings (SSSR count). The quantitative estimate of drug-likeness (QED) is 0.473. The monoisotopic (exact) mass is 384 g/mol. The Kier molecular flexibility index (Phi) is 4.69. The molecule has 0 atom stereocenters. The van der Waals surface area contributed by atoms with Gasteiger partial charge in [-0.05, 0) is 64.1 Å². The van der Waals surface area contributed by atoms with E-state index in [9.17, 15) is 0 Å². The van der Waals surface area contributed by atoms with Crippen LogP contribution in [0, 0.1) is 5.41 Å². The predicted molar refractivity (Wildman–Crippen MR) is 126 cm³/mol. The first-order valence-corrected chi connectivity index (χ1v) is 10.5. The van der Waals surface area contributed by atoms with Crippen molar-refractivity contribution in [2.75, 3.05) is 11.1 Å². The fourth-order valence-corrected chi connectivity index (χ4v) is 4.46. The van der Waals surface area contributed by atoms with Gasteiger partial charge in [-0.1, -0.05) is 77.1 Å². The van der Waals surface area contributed by atoms with E-state index in [-0.39, 0.29) is 5.41 Å². The minimum Gasteiger partial charge on any atom is -0.398 e. The summed E-state index contributed by atoms with van der Waals surface area (Å²) in [6, 6.07) is 21.6. The van der Waals surface area contributed by atoms with Crippen LogP contribution in [0.5, 0.6) is 0 Å². The van der Waals surface area contributed by atoms with Crippen molar-refractivity contribution in [3.63, 3.8) is 0 Å². The first kappa shape index (κ1) is 19.6. The molecule has 0 unspecified atom stereocenters. The number of hydrogen-bond acceptors (Lipinski definition) is 2. The highest BCUT2D eigenvalue weighted by molar-refractivity contribution is 5.90. The Labute approximate surface area is 175 Å². The van der Waals surface area contributed by atoms with Crippen LogP contribution in [-0.2, 0) is 18.3 Å². The van der Waals surface area contributed by atoms with Crippen LogP contribution in [0.2, 0.25) is 0 Å². The molecule has 0 heterocycles. The lowest BCUT2D eigenvalue weighted by Gasteiger charge is -2.21. The molecule has 3 aromatic carbocycles. The van der Waals surface area contributed by atoms with Gasteiger partial charge in [-0.25, -0.2) is 0 Å². The van der Waals surface area contributed by atoms with Gasteiger partial charge in [0.25, 0.3) is 0 Å². The van der Waals surface area contributed by atoms with Crippen LogP contribution < -0.4 is 11.1 Å². The lowest BCUT2D eigenvalue weighted by Crippen LogP contribution is -2.10. The van der Waals surface area contributed by atoms with E-state index in [0.717, 1.165) is 35.3 Å². The van der Waals surface area contributed by atoms with Crippen molar-refractivity contribution < 1.29 is 0 Å². The van der Waals surface area contributed by atoms with Gasteiger partial charge in [-0.2, -0.15) is 0 Å². The molecule has 1 aliphatic rings. The maximum absolute atomic E-state index is 6.45. The van der Waals surface area contributed by atoms with Crippen molar-refractivity contribution in [2.24, 2.45) is 5.41 Å². The molecule has 0 saturated heterocycles. The van der Waals surface area contributed by atoms with Crippen LogP contribution in [-0.4, -0.2) is 0 Å². The summed E-state index contributed by atoms with van der Waals surface area (Å²) in [5.74, 6) is 0. The number of hydrogen-bond donors (Lipinski definition) is 2. The summed E-state index contributed by atoms with van der Waals surface area (Å²) in [5, 5.41) is 3.71. The molecule has 0 radical (unpaired) electrons. The summed E-state index contributed by atoms with van der Waals surface area (Å²) in [6.45, 7) is 11.4. The van der Waals surface area contributed by atoms with Crippen molar-refractivity contribution in [3.05, 3.63) is 77.4 Å². The molecule has 3 aromatic rings. The average molecular weight is 385 g/mol. The fourth-order valence-electron chi connectivity index (χ4n) is 4.46. The molecule has 150 valence electrons. The molecule has 0 aliphatic heterocycles. The Hall–Kier alpha value is -2.74. The predicted octanol–water partition coefficient (Wildman–Crippen LogP) is 7.10. The third kappa shape index (κ3) is 3.89. The van der Waals surface area contributed by atoms with Crippen molar-refractivity contribution in [2.45, 2.75) is 52.9 Å². The zero-order valence-electron chi connectivity index (χ0n) is 18.3. The van der Waals surface area contributed by atoms with Crippen LogP contribution in [0.25, 0.3) is 11.1 Å². The zero-order valence-corrected chi connectivity index (χ0v) is 18.3. The smallest absolute Gasteiger partial charge is 0.0484 e. The molecule has 0 aromatic heterocycles. The van der Waals surface area contributed by atoms with Crippen LogP contribution in [0.1, 0.15) is 51.3 Å². The van der Waals surface area contributed by atoms with E-state index < -0.39 is 0 Å². The average Bonchev–Trinajstić information content (AvgIpc) is 2.96. The minimum atomic E-state index is 0.138. The Bertz CT molecular complexity index is 1040. The second-order valence-electron chi connectivity index (χ2n) is 10.2. The van der Waals surface area contributed by atoms with Gasteiger partial charge < -0.3 is 11.1 Å². The van der Waals surface area contributed by atoms with E-state index in [2.05, 4.69) is 88.5 Å². The van der Waals surface area contributed by atoms with E-state index in [1.54, 1.807) is 0 Å². The number of nitrogens with two attached hydrogens (primary N) is 1. The topological polar surface area (TPSA) is 38.0 Å². The molecular formula is C27H32N2. The third-order valence-electron chi connectivity index (χ3n) is 6.00. The summed E-state index contributed by atoms with van der Waals surface area (Å²) in [7, 11) is 0. The summed E-state index contributed by atoms with van der Waals surface area (Å²) < 4.78 is 0. The summed E-state index contributed by atoms with van der Waals surface area (Å²) >= 11 is 0. The standard InChI is InChI=1S/C27H32N2/c1-26(2,3)20-14-12-18(13-15-20)25-22(28)9-7-11-24(25)29-23-10-6-8-19-16-27(4,5)17-21(19)23/h6-15,29H,16-17,28H2,1-5H3. The van der Waals surface area contributed by atoms with E-state index in [4.69, 9.17) is 5.73 Å². The molecule has 1 aliphatic carbocycles. The van der Waals surface area contributed by atoms with E-state index in [0.29, 0.717) is 5.41 Å². The van der Waals surface area contributed by atoms with Crippen molar-refractivity contribution in [1.82, 2.24) is 0 Å². The van der Waals surface area contributed by atoms with E-state index in [1.165, 1.54) is 22.4 Å². The first-order chi connectivity index (χ1) is 13.6. The van der Waals surface area contributed by atoms with Gasteiger partial charge >= 0.3 is 0 Å². The summed E-state index contributed by atoms with van der Waals surface area (Å²) in [5.41, 5.74) is 16.4. The van der Waals surface area contributed by atoms with Crippen LogP contribution in [0.4, 0.5) is 17.1 Å². The second-order valence-corrected chi connectivity index (χ2v) is 10.2. The van der Waals surface area contributed by atoms with E-state index in [1.807, 2.05) is 12.1 Å². The molecule has 0 amide bonds. The maximum atomic E-state index is 6.45. The summed E-state index contributed by atoms with van der Waals surface area (Å²) in [4.78, 5) is 0. The van der Waals surface area contributed by atoms with Gasteiger partial charge in [0.15, 0.2) is 0 Å². The SMILES string of the molecule is CC1(C)Cc2cccc(Nc3cccc(N)c3-c3ccc(C(C)(C)C)cc3)c2C1. The highest BCUT2D eigenvalue weighted by atomic mass is 14.9. The third-order valence-corrected chi connectivity index (χ3v) is 6.00. The largest absolute Gasteiger partial charge is 0.398 e. The van der Waals surface area contributed by atoms with Crippen LogP contribution in [0.3, 0.4) is 0 Å². The molecule has 0 fully saturated rings. The number of fused-ring (bicyclic) bond motifs is 1. The number of rotatable bonds is 3. The lowest BCUT2D eigenvalue weighted by molar-refractivity contribution is 0.393. The Balaban J connectivity index is 1.73. The number of anilines is 3. The highest BCUT2D eigenvalue weighted by Gasteiger charge is 2.30. The second kappa shape index (κ2) is 6.95. The van der Waals surface area contributed by atoms with E-state index >= 15 is 0 Å². The first-order valence-electron chi connectivity index (χ1n) is 10.5. The van der Waals surface area contributed by atoms with Crippen LogP contribution in [0.15, 0.2) is 60.7 Å². The molecule has 0 bridgehead atoms. The van der Waals surface area contributed by atoms with Gasteiger partial charge in [0.1, 0.15) is 0 Å². The van der Waals surface area contributed by atoms with Gasteiger partial charge in [-0.3, -0.25) is 0 Å². The highest BCUT2D eigenvalue weighted by Crippen LogP contribution is 2.42. The summed E-state index contributed by atoms with van der Waals surface area (Å²) in [6.07, 6.45) is 2.24.